The minimum atomic E-state index is -0.953. The van der Waals surface area contributed by atoms with Crippen molar-refractivity contribution in [2.45, 2.75) is 13.0 Å². The molecular weight excluding hydrogens is 296 g/mol. The number of hydrogen-bond donors (Lipinski definition) is 3. The highest BCUT2D eigenvalue weighted by Gasteiger charge is 2.30. The molecule has 7 nitrogen and oxygen atoms in total. The molecule has 1 aromatic carbocycles. The number of nitrogens with one attached hydrogen (secondary N) is 2. The molecule has 1 unspecified atom stereocenters. The Balaban J connectivity index is 1.83. The lowest BCUT2D eigenvalue weighted by Crippen LogP contribution is -2.55. The molecule has 1 saturated heterocycles. The van der Waals surface area contributed by atoms with E-state index in [9.17, 15) is 9.59 Å². The summed E-state index contributed by atoms with van der Waals surface area (Å²) in [6, 6.07) is 8.82. The van der Waals surface area contributed by atoms with Crippen LogP contribution in [0.25, 0.3) is 11.4 Å². The van der Waals surface area contributed by atoms with Crippen LogP contribution in [0.15, 0.2) is 30.3 Å². The lowest BCUT2D eigenvalue weighted by Gasteiger charge is -2.31. The van der Waals surface area contributed by atoms with E-state index in [-0.39, 0.29) is 12.5 Å². The van der Waals surface area contributed by atoms with Crippen LogP contribution in [0.1, 0.15) is 16.2 Å². The highest BCUT2D eigenvalue weighted by Crippen LogP contribution is 2.19. The van der Waals surface area contributed by atoms with Crippen LogP contribution in [0.4, 0.5) is 0 Å². The lowest BCUT2D eigenvalue weighted by molar-refractivity contribution is -0.140. The maximum absolute atomic E-state index is 12.7. The van der Waals surface area contributed by atoms with Crippen LogP contribution < -0.4 is 5.32 Å². The standard InChI is InChI=1S/C16H18N4O3/c1-10-13(19-14(18-10)11-5-3-2-4-6-11)15(21)20-8-7-17-12(9-20)16(22)23/h2-6,12,17H,7-9H2,1H3,(H,18,19)(H,22,23). The number of H-pyrrole nitrogens is 1. The predicted octanol–water partition coefficient (Wildman–Crippen LogP) is 0.884. The minimum Gasteiger partial charge on any atom is -0.480 e. The Bertz CT molecular complexity index is 726. The van der Waals surface area contributed by atoms with Gasteiger partial charge in [0, 0.05) is 30.9 Å². The van der Waals surface area contributed by atoms with Gasteiger partial charge in [0.15, 0.2) is 0 Å². The Morgan fingerprint density at radius 1 is 1.30 bits per heavy atom. The Hall–Kier alpha value is -2.67. The van der Waals surface area contributed by atoms with Crippen molar-refractivity contribution in [3.05, 3.63) is 41.7 Å². The molecule has 0 saturated carbocycles. The van der Waals surface area contributed by atoms with Gasteiger partial charge < -0.3 is 20.3 Å². The molecule has 1 aliphatic rings. The molecular formula is C16H18N4O3. The number of nitrogens with zero attached hydrogens (tertiary/aromatic N) is 2. The zero-order valence-corrected chi connectivity index (χ0v) is 12.7. The third kappa shape index (κ3) is 3.09. The van der Waals surface area contributed by atoms with Crippen LogP contribution in [0.5, 0.6) is 0 Å². The van der Waals surface area contributed by atoms with Crippen LogP contribution in [0.3, 0.4) is 0 Å². The van der Waals surface area contributed by atoms with E-state index in [1.165, 1.54) is 4.90 Å². The van der Waals surface area contributed by atoms with E-state index in [2.05, 4.69) is 15.3 Å². The fraction of sp³-hybridized carbons (Fsp3) is 0.312. The molecule has 1 aliphatic heterocycles. The fourth-order valence-electron chi connectivity index (χ4n) is 2.65. The summed E-state index contributed by atoms with van der Waals surface area (Å²) in [5, 5.41) is 12.0. The van der Waals surface area contributed by atoms with E-state index in [1.807, 2.05) is 30.3 Å². The summed E-state index contributed by atoms with van der Waals surface area (Å²) >= 11 is 0. The first-order valence-corrected chi connectivity index (χ1v) is 7.43. The molecule has 3 rings (SSSR count). The number of piperazine rings is 1. The third-order valence-electron chi connectivity index (χ3n) is 3.90. The number of benzene rings is 1. The van der Waals surface area contributed by atoms with Crippen molar-refractivity contribution in [2.24, 2.45) is 0 Å². The highest BCUT2D eigenvalue weighted by atomic mass is 16.4. The summed E-state index contributed by atoms with van der Waals surface area (Å²) in [5.41, 5.74) is 1.92. The van der Waals surface area contributed by atoms with Gasteiger partial charge in [0.2, 0.25) is 0 Å². The number of carbonyl (C=O) groups excluding carboxylic acids is 1. The van der Waals surface area contributed by atoms with Gasteiger partial charge in [0.1, 0.15) is 17.6 Å². The van der Waals surface area contributed by atoms with E-state index in [4.69, 9.17) is 5.11 Å². The van der Waals surface area contributed by atoms with Gasteiger partial charge in [-0.05, 0) is 6.92 Å². The van der Waals surface area contributed by atoms with Gasteiger partial charge >= 0.3 is 5.97 Å². The van der Waals surface area contributed by atoms with E-state index in [0.29, 0.717) is 30.3 Å². The highest BCUT2D eigenvalue weighted by molar-refractivity contribution is 5.94. The molecule has 7 heteroatoms. The van der Waals surface area contributed by atoms with Gasteiger partial charge in [0.25, 0.3) is 5.91 Å². The van der Waals surface area contributed by atoms with Crippen LogP contribution in [-0.4, -0.2) is 57.5 Å². The molecule has 3 N–H and O–H groups in total. The first-order chi connectivity index (χ1) is 11.1. The summed E-state index contributed by atoms with van der Waals surface area (Å²) in [7, 11) is 0. The van der Waals surface area contributed by atoms with Crippen molar-refractivity contribution >= 4 is 11.9 Å². The molecule has 0 spiro atoms. The van der Waals surface area contributed by atoms with Gasteiger partial charge in [-0.2, -0.15) is 0 Å². The van der Waals surface area contributed by atoms with E-state index in [0.717, 1.165) is 5.56 Å². The van der Waals surface area contributed by atoms with Gasteiger partial charge in [-0.15, -0.1) is 0 Å². The van der Waals surface area contributed by atoms with Gasteiger partial charge in [-0.3, -0.25) is 9.59 Å². The number of carbonyl (C=O) groups is 2. The number of aryl methyl sites for hydroxylation is 1. The molecule has 1 aromatic heterocycles. The molecule has 0 radical (unpaired) electrons. The summed E-state index contributed by atoms with van der Waals surface area (Å²) in [6.45, 7) is 2.86. The molecule has 1 amide bonds. The second-order valence-electron chi connectivity index (χ2n) is 5.52. The number of imidazole rings is 1. The topological polar surface area (TPSA) is 98.3 Å². The van der Waals surface area contributed by atoms with Crippen molar-refractivity contribution < 1.29 is 14.7 Å². The number of aromatic nitrogens is 2. The average molecular weight is 314 g/mol. The lowest BCUT2D eigenvalue weighted by atomic mass is 10.2. The maximum Gasteiger partial charge on any atom is 0.322 e. The third-order valence-corrected chi connectivity index (χ3v) is 3.90. The Morgan fingerprint density at radius 3 is 2.74 bits per heavy atom. The fourth-order valence-corrected chi connectivity index (χ4v) is 2.65. The number of rotatable bonds is 3. The molecule has 1 atom stereocenters. The zero-order chi connectivity index (χ0) is 16.4. The number of amides is 1. The Morgan fingerprint density at radius 2 is 2.04 bits per heavy atom. The molecule has 0 aliphatic carbocycles. The number of carboxylic acids is 1. The summed E-state index contributed by atoms with van der Waals surface area (Å²) in [5.74, 6) is -0.559. The quantitative estimate of drug-likeness (QED) is 0.781. The van der Waals surface area contributed by atoms with Gasteiger partial charge in [-0.1, -0.05) is 30.3 Å². The second-order valence-corrected chi connectivity index (χ2v) is 5.52. The molecule has 1 fully saturated rings. The number of aromatic amines is 1. The van der Waals surface area contributed by atoms with Crippen molar-refractivity contribution in [1.82, 2.24) is 20.2 Å². The number of hydrogen-bond acceptors (Lipinski definition) is 4. The molecule has 2 heterocycles. The zero-order valence-electron chi connectivity index (χ0n) is 12.7. The molecule has 2 aromatic rings. The summed E-state index contributed by atoms with van der Waals surface area (Å²) in [4.78, 5) is 32.8. The molecule has 120 valence electrons. The van der Waals surface area contributed by atoms with Gasteiger partial charge in [-0.25, -0.2) is 4.98 Å². The van der Waals surface area contributed by atoms with E-state index in [1.54, 1.807) is 6.92 Å². The van der Waals surface area contributed by atoms with E-state index < -0.39 is 12.0 Å². The van der Waals surface area contributed by atoms with Crippen molar-refractivity contribution in [3.8, 4) is 11.4 Å². The Kier molecular flexibility index (Phi) is 4.12. The molecule has 0 bridgehead atoms. The molecule has 23 heavy (non-hydrogen) atoms. The SMILES string of the molecule is Cc1[nH]c(-c2ccccc2)nc1C(=O)N1CCNC(C(=O)O)C1. The summed E-state index contributed by atoms with van der Waals surface area (Å²) in [6.07, 6.45) is 0. The number of carboxylic acid groups (broad SMARTS) is 1. The monoisotopic (exact) mass is 314 g/mol. The second kappa shape index (κ2) is 6.21. The van der Waals surface area contributed by atoms with Crippen molar-refractivity contribution in [2.75, 3.05) is 19.6 Å². The van der Waals surface area contributed by atoms with Crippen molar-refractivity contribution in [1.29, 1.82) is 0 Å². The van der Waals surface area contributed by atoms with Gasteiger partial charge in [0.05, 0.1) is 0 Å². The summed E-state index contributed by atoms with van der Waals surface area (Å²) < 4.78 is 0. The van der Waals surface area contributed by atoms with Crippen LogP contribution in [0.2, 0.25) is 0 Å². The van der Waals surface area contributed by atoms with Crippen LogP contribution in [0, 0.1) is 6.92 Å². The van der Waals surface area contributed by atoms with E-state index >= 15 is 0 Å². The average Bonchev–Trinajstić information content (AvgIpc) is 2.97. The first kappa shape index (κ1) is 15.2. The van der Waals surface area contributed by atoms with Crippen molar-refractivity contribution in [3.63, 3.8) is 0 Å². The normalized spacial score (nSPS) is 18.0. The van der Waals surface area contributed by atoms with Crippen LogP contribution in [-0.2, 0) is 4.79 Å². The van der Waals surface area contributed by atoms with Crippen LogP contribution >= 0.6 is 0 Å². The number of aliphatic carboxylic acids is 1. The maximum atomic E-state index is 12.7. The minimum absolute atomic E-state index is 0.140. The Labute approximate surface area is 133 Å². The predicted molar refractivity (Wildman–Crippen MR) is 84.1 cm³/mol. The first-order valence-electron chi connectivity index (χ1n) is 7.43. The largest absolute Gasteiger partial charge is 0.480 e. The smallest absolute Gasteiger partial charge is 0.322 e.